The predicted octanol–water partition coefficient (Wildman–Crippen LogP) is 5.97. The summed E-state index contributed by atoms with van der Waals surface area (Å²) in [5.74, 6) is 0.288. The van der Waals surface area contributed by atoms with Gasteiger partial charge in [-0.1, -0.05) is 51.1 Å². The third kappa shape index (κ3) is 4.31. The zero-order valence-electron chi connectivity index (χ0n) is 16.1. The lowest BCUT2D eigenvalue weighted by Crippen LogP contribution is -2.41. The van der Waals surface area contributed by atoms with Gasteiger partial charge in [-0.3, -0.25) is 15.1 Å². The van der Waals surface area contributed by atoms with E-state index in [1.807, 2.05) is 6.08 Å². The molecule has 0 bridgehead atoms. The molecule has 0 saturated heterocycles. The van der Waals surface area contributed by atoms with Crippen molar-refractivity contribution in [3.63, 3.8) is 0 Å². The van der Waals surface area contributed by atoms with Crippen molar-refractivity contribution in [1.82, 2.24) is 4.98 Å². The van der Waals surface area contributed by atoms with Gasteiger partial charge in [0.2, 0.25) is 0 Å². The summed E-state index contributed by atoms with van der Waals surface area (Å²) < 4.78 is 0. The Morgan fingerprint density at radius 1 is 1.46 bits per heavy atom. The number of aromatic nitrogens is 1. The maximum Gasteiger partial charge on any atom is 0.294 e. The molecule has 0 aromatic carbocycles. The van der Waals surface area contributed by atoms with Crippen molar-refractivity contribution >= 4 is 19.3 Å². The van der Waals surface area contributed by atoms with Gasteiger partial charge < -0.3 is 0 Å². The maximum atomic E-state index is 11.3. The van der Waals surface area contributed by atoms with Crippen molar-refractivity contribution in [2.24, 2.45) is 11.0 Å². The summed E-state index contributed by atoms with van der Waals surface area (Å²) in [4.78, 5) is 17.8. The fourth-order valence-electron chi connectivity index (χ4n) is 3.34. The van der Waals surface area contributed by atoms with Crippen molar-refractivity contribution in [3.05, 3.63) is 50.7 Å². The lowest BCUT2D eigenvalue weighted by molar-refractivity contribution is -0.385. The average molecular weight is 374 g/mol. The van der Waals surface area contributed by atoms with Gasteiger partial charge in [0.15, 0.2) is 0 Å². The van der Waals surface area contributed by atoms with Crippen LogP contribution >= 0.6 is 0 Å². The first kappa shape index (κ1) is 20.1. The predicted molar refractivity (Wildman–Crippen MR) is 107 cm³/mol. The summed E-state index contributed by atoms with van der Waals surface area (Å²) in [7, 11) is -1.52. The zero-order chi connectivity index (χ0) is 19.5. The van der Waals surface area contributed by atoms with Gasteiger partial charge in [-0.25, -0.2) is 0 Å². The van der Waals surface area contributed by atoms with Crippen LogP contribution < -0.4 is 0 Å². The number of nitrogens with zero attached hydrogens (tertiary/aromatic N) is 5. The average Bonchev–Trinajstić information content (AvgIpc) is 2.55. The van der Waals surface area contributed by atoms with Gasteiger partial charge in [0.25, 0.3) is 5.69 Å². The molecular formula is C18H27N5O2Si. The number of nitro groups is 1. The largest absolute Gasteiger partial charge is 0.294 e. The third-order valence-electron chi connectivity index (χ3n) is 5.97. The van der Waals surface area contributed by atoms with Crippen LogP contribution in [0.4, 0.5) is 5.69 Å². The molecule has 1 aromatic heterocycles. The summed E-state index contributed by atoms with van der Waals surface area (Å²) in [5.41, 5.74) is 10.5. The molecule has 0 N–H and O–H groups in total. The number of pyridine rings is 1. The topological polar surface area (TPSA) is 105 Å². The fourth-order valence-corrected chi connectivity index (χ4v) is 5.71. The molecule has 7 nitrogen and oxygen atoms in total. The quantitative estimate of drug-likeness (QED) is 0.158. The highest BCUT2D eigenvalue weighted by atomic mass is 28.3. The van der Waals surface area contributed by atoms with E-state index in [4.69, 9.17) is 5.53 Å². The summed E-state index contributed by atoms with van der Waals surface area (Å²) >= 11 is 0. The van der Waals surface area contributed by atoms with Crippen LogP contribution in [0.25, 0.3) is 16.0 Å². The van der Waals surface area contributed by atoms with Crippen molar-refractivity contribution in [3.8, 4) is 0 Å². The summed E-state index contributed by atoms with van der Waals surface area (Å²) in [6.07, 6.45) is 6.40. The van der Waals surface area contributed by atoms with Crippen molar-refractivity contribution < 1.29 is 4.92 Å². The Morgan fingerprint density at radius 3 is 2.73 bits per heavy atom. The van der Waals surface area contributed by atoms with Gasteiger partial charge in [-0.2, -0.15) is 0 Å². The Hall–Kier alpha value is -2.18. The van der Waals surface area contributed by atoms with Crippen LogP contribution in [0.15, 0.2) is 29.7 Å². The zero-order valence-corrected chi connectivity index (χ0v) is 17.1. The Balaban J connectivity index is 2.36. The second kappa shape index (κ2) is 7.59. The molecular weight excluding hydrogens is 346 g/mol. The van der Waals surface area contributed by atoms with E-state index in [9.17, 15) is 10.1 Å². The number of hydrogen-bond acceptors (Lipinski definition) is 4. The lowest BCUT2D eigenvalue weighted by Gasteiger charge is -2.41. The summed E-state index contributed by atoms with van der Waals surface area (Å²) in [5, 5.41) is 15.6. The van der Waals surface area contributed by atoms with E-state index >= 15 is 0 Å². The maximum absolute atomic E-state index is 11.3. The standard InChI is InChI=1S/C18H27N5O2Si/c1-18(2,3)26(4,5)12-14-7-6-13(10-16(14)21-22-19)15-8-9-20-11-17(15)23(24)25/h8-11,14,16H,6-7,12H2,1-5H3/t14-,16+/m0/s1. The summed E-state index contributed by atoms with van der Waals surface area (Å²) in [6.45, 7) is 11.6. The van der Waals surface area contributed by atoms with Gasteiger partial charge in [0.05, 0.1) is 24.6 Å². The molecule has 0 spiro atoms. The first-order chi connectivity index (χ1) is 12.1. The molecule has 0 radical (unpaired) electrons. The van der Waals surface area contributed by atoms with Crippen LogP contribution in [0.3, 0.4) is 0 Å². The van der Waals surface area contributed by atoms with Crippen LogP contribution in [-0.4, -0.2) is 24.0 Å². The minimum absolute atomic E-state index is 0.00119. The highest BCUT2D eigenvalue weighted by Crippen LogP contribution is 2.45. The van der Waals surface area contributed by atoms with Gasteiger partial charge in [-0.05, 0) is 41.0 Å². The lowest BCUT2D eigenvalue weighted by atomic mass is 9.84. The van der Waals surface area contributed by atoms with Gasteiger partial charge in [-0.15, -0.1) is 0 Å². The second-order valence-corrected chi connectivity index (χ2v) is 14.4. The monoisotopic (exact) mass is 373 g/mol. The van der Waals surface area contributed by atoms with Crippen molar-refractivity contribution in [2.45, 2.75) is 63.8 Å². The van der Waals surface area contributed by atoms with Crippen LogP contribution in [-0.2, 0) is 0 Å². The molecule has 26 heavy (non-hydrogen) atoms. The molecule has 140 valence electrons. The Bertz CT molecular complexity index is 763. The third-order valence-corrected chi connectivity index (χ3v) is 11.6. The minimum Gasteiger partial charge on any atom is -0.258 e. The molecule has 1 aliphatic carbocycles. The van der Waals surface area contributed by atoms with Crippen LogP contribution in [0.2, 0.25) is 24.2 Å². The van der Waals surface area contributed by atoms with E-state index in [-0.39, 0.29) is 22.7 Å². The Kier molecular flexibility index (Phi) is 5.88. The van der Waals surface area contributed by atoms with E-state index in [1.54, 1.807) is 12.3 Å². The number of allylic oxidation sites excluding steroid dienone is 1. The molecule has 0 aliphatic heterocycles. The highest BCUT2D eigenvalue weighted by Gasteiger charge is 2.39. The first-order valence-corrected chi connectivity index (χ1v) is 12.1. The fraction of sp³-hybridized carbons (Fsp3) is 0.611. The van der Waals surface area contributed by atoms with Crippen LogP contribution in [0, 0.1) is 16.0 Å². The van der Waals surface area contributed by atoms with Crippen LogP contribution in [0.1, 0.15) is 39.2 Å². The molecule has 2 rings (SSSR count). The first-order valence-electron chi connectivity index (χ1n) is 8.90. The van der Waals surface area contributed by atoms with E-state index in [1.165, 1.54) is 6.20 Å². The van der Waals surface area contributed by atoms with Crippen molar-refractivity contribution in [1.29, 1.82) is 0 Å². The normalized spacial score (nSPS) is 20.9. The van der Waals surface area contributed by atoms with E-state index in [0.29, 0.717) is 5.56 Å². The van der Waals surface area contributed by atoms with Gasteiger partial charge in [0.1, 0.15) is 6.20 Å². The minimum atomic E-state index is -1.52. The molecule has 0 fully saturated rings. The number of hydrogen-bond donors (Lipinski definition) is 0. The Labute approximate surface area is 155 Å². The highest BCUT2D eigenvalue weighted by molar-refractivity contribution is 6.80. The van der Waals surface area contributed by atoms with Crippen LogP contribution in [0.5, 0.6) is 0 Å². The number of rotatable bonds is 5. The SMILES string of the molecule is CC(C)(C)[Si](C)(C)C[C@@H]1CCC(c2ccncc2[N+](=O)[O-])=C[C@H]1N=[N+]=[N-]. The van der Waals surface area contributed by atoms with E-state index in [0.717, 1.165) is 24.5 Å². The Morgan fingerprint density at radius 2 is 2.15 bits per heavy atom. The molecule has 0 saturated carbocycles. The van der Waals surface area contributed by atoms with Gasteiger partial charge in [0, 0.05) is 11.1 Å². The van der Waals surface area contributed by atoms with Crippen molar-refractivity contribution in [2.75, 3.05) is 0 Å². The molecule has 0 amide bonds. The molecule has 0 unspecified atom stereocenters. The van der Waals surface area contributed by atoms with E-state index < -0.39 is 13.0 Å². The second-order valence-electron chi connectivity index (χ2n) is 8.67. The van der Waals surface area contributed by atoms with Gasteiger partial charge >= 0.3 is 0 Å². The molecule has 2 atom stereocenters. The number of azide groups is 1. The summed E-state index contributed by atoms with van der Waals surface area (Å²) in [6, 6.07) is 2.49. The molecule has 1 aliphatic rings. The molecule has 1 aromatic rings. The molecule has 1 heterocycles. The molecule has 8 heteroatoms. The smallest absolute Gasteiger partial charge is 0.258 e. The van der Waals surface area contributed by atoms with E-state index in [2.05, 4.69) is 48.9 Å².